The van der Waals surface area contributed by atoms with Gasteiger partial charge in [0.1, 0.15) is 17.2 Å². The highest BCUT2D eigenvalue weighted by Crippen LogP contribution is 2.25. The molecule has 1 saturated heterocycles. The summed E-state index contributed by atoms with van der Waals surface area (Å²) in [5.41, 5.74) is 2.28. The van der Waals surface area contributed by atoms with Gasteiger partial charge in [-0.3, -0.25) is 4.79 Å². The molecule has 1 aliphatic rings. The number of rotatable bonds is 4. The van der Waals surface area contributed by atoms with Crippen LogP contribution in [0.3, 0.4) is 0 Å². The SMILES string of the molecule is O=C(c1cc(-c2ccco2)nn1-c1ccc(Cl)cc1)N1CCN(c2ccccc2F)CC1. The number of aromatic nitrogens is 2. The zero-order valence-corrected chi connectivity index (χ0v) is 17.9. The van der Waals surface area contributed by atoms with E-state index >= 15 is 0 Å². The quantitative estimate of drug-likeness (QED) is 0.444. The van der Waals surface area contributed by atoms with Gasteiger partial charge in [-0.05, 0) is 48.5 Å². The fraction of sp³-hybridized carbons (Fsp3) is 0.167. The molecule has 0 radical (unpaired) electrons. The molecule has 8 heteroatoms. The minimum absolute atomic E-state index is 0.140. The van der Waals surface area contributed by atoms with E-state index in [1.165, 1.54) is 6.07 Å². The Morgan fingerprint density at radius 3 is 2.41 bits per heavy atom. The van der Waals surface area contributed by atoms with E-state index in [9.17, 15) is 9.18 Å². The number of nitrogens with zero attached hydrogens (tertiary/aromatic N) is 4. The van der Waals surface area contributed by atoms with Crippen LogP contribution in [0.4, 0.5) is 10.1 Å². The van der Waals surface area contributed by atoms with Gasteiger partial charge in [0.05, 0.1) is 17.6 Å². The molecular formula is C24H20ClFN4O2. The first-order valence-corrected chi connectivity index (χ1v) is 10.7. The van der Waals surface area contributed by atoms with E-state index in [1.807, 2.05) is 23.1 Å². The molecule has 6 nitrogen and oxygen atoms in total. The molecule has 0 unspecified atom stereocenters. The molecule has 2 aromatic carbocycles. The molecule has 5 rings (SSSR count). The Morgan fingerprint density at radius 2 is 1.72 bits per heavy atom. The lowest BCUT2D eigenvalue weighted by atomic mass is 10.2. The number of carbonyl (C=O) groups is 1. The maximum Gasteiger partial charge on any atom is 0.272 e. The van der Waals surface area contributed by atoms with Crippen molar-refractivity contribution in [1.82, 2.24) is 14.7 Å². The minimum atomic E-state index is -0.254. The lowest BCUT2D eigenvalue weighted by molar-refractivity contribution is 0.0737. The molecule has 1 amide bonds. The number of furan rings is 1. The summed E-state index contributed by atoms with van der Waals surface area (Å²) in [6.07, 6.45) is 1.57. The summed E-state index contributed by atoms with van der Waals surface area (Å²) >= 11 is 6.03. The minimum Gasteiger partial charge on any atom is -0.463 e. The molecule has 32 heavy (non-hydrogen) atoms. The average Bonchev–Trinajstić information content (AvgIpc) is 3.50. The van der Waals surface area contributed by atoms with Gasteiger partial charge in [0.15, 0.2) is 5.76 Å². The van der Waals surface area contributed by atoms with Crippen LogP contribution in [-0.2, 0) is 0 Å². The van der Waals surface area contributed by atoms with Crippen LogP contribution < -0.4 is 4.90 Å². The Morgan fingerprint density at radius 1 is 0.969 bits per heavy atom. The molecule has 0 bridgehead atoms. The maximum atomic E-state index is 14.1. The third-order valence-electron chi connectivity index (χ3n) is 5.53. The first kappa shape index (κ1) is 20.3. The number of carbonyl (C=O) groups excluding carboxylic acids is 1. The molecule has 0 N–H and O–H groups in total. The molecular weight excluding hydrogens is 431 g/mol. The Hall–Kier alpha value is -3.58. The van der Waals surface area contributed by atoms with Crippen LogP contribution in [0.25, 0.3) is 17.1 Å². The van der Waals surface area contributed by atoms with Crippen LogP contribution in [0.2, 0.25) is 5.02 Å². The van der Waals surface area contributed by atoms with E-state index in [-0.39, 0.29) is 11.7 Å². The van der Waals surface area contributed by atoms with Crippen molar-refractivity contribution in [2.75, 3.05) is 31.1 Å². The van der Waals surface area contributed by atoms with Gasteiger partial charge >= 0.3 is 0 Å². The molecule has 4 aromatic rings. The number of hydrogen-bond donors (Lipinski definition) is 0. The number of para-hydroxylation sites is 1. The first-order chi connectivity index (χ1) is 15.6. The van der Waals surface area contributed by atoms with E-state index < -0.39 is 0 Å². The standard InChI is InChI=1S/C24H20ClFN4O2/c25-17-7-9-18(10-8-17)30-22(16-20(27-30)23-6-3-15-32-23)24(31)29-13-11-28(12-14-29)21-5-2-1-4-19(21)26/h1-10,15-16H,11-14H2. The van der Waals surface area contributed by atoms with E-state index in [0.29, 0.717) is 54.0 Å². The number of amides is 1. The van der Waals surface area contributed by atoms with Crippen LogP contribution in [0.5, 0.6) is 0 Å². The average molecular weight is 451 g/mol. The predicted molar refractivity (Wildman–Crippen MR) is 121 cm³/mol. The first-order valence-electron chi connectivity index (χ1n) is 10.3. The number of benzene rings is 2. The number of halogens is 2. The summed E-state index contributed by atoms with van der Waals surface area (Å²) in [4.78, 5) is 17.2. The monoisotopic (exact) mass is 450 g/mol. The van der Waals surface area contributed by atoms with Crippen molar-refractivity contribution < 1.29 is 13.6 Å². The van der Waals surface area contributed by atoms with Crippen LogP contribution in [0, 0.1) is 5.82 Å². The summed E-state index contributed by atoms with van der Waals surface area (Å²) in [6.45, 7) is 2.06. The number of piperazine rings is 1. The molecule has 3 heterocycles. The highest BCUT2D eigenvalue weighted by atomic mass is 35.5. The normalized spacial score (nSPS) is 14.1. The summed E-state index contributed by atoms with van der Waals surface area (Å²) < 4.78 is 21.2. The van der Waals surface area contributed by atoms with Crippen molar-refractivity contribution >= 4 is 23.2 Å². The van der Waals surface area contributed by atoms with Crippen LogP contribution in [-0.4, -0.2) is 46.8 Å². The zero-order chi connectivity index (χ0) is 22.1. The maximum absolute atomic E-state index is 14.1. The van der Waals surface area contributed by atoms with Crippen molar-refractivity contribution in [2.45, 2.75) is 0 Å². The molecule has 2 aromatic heterocycles. The van der Waals surface area contributed by atoms with Crippen LogP contribution in [0.15, 0.2) is 77.4 Å². The molecule has 0 saturated carbocycles. The summed E-state index contributed by atoms with van der Waals surface area (Å²) in [7, 11) is 0. The van der Waals surface area contributed by atoms with Gasteiger partial charge in [-0.25, -0.2) is 9.07 Å². The highest BCUT2D eigenvalue weighted by Gasteiger charge is 2.27. The van der Waals surface area contributed by atoms with Crippen LogP contribution in [0.1, 0.15) is 10.5 Å². The lowest BCUT2D eigenvalue weighted by Crippen LogP contribution is -2.49. The summed E-state index contributed by atoms with van der Waals surface area (Å²) in [5, 5.41) is 5.22. The van der Waals surface area contributed by atoms with Gasteiger partial charge in [-0.1, -0.05) is 23.7 Å². The van der Waals surface area contributed by atoms with E-state index in [4.69, 9.17) is 16.0 Å². The van der Waals surface area contributed by atoms with Gasteiger partial charge in [0, 0.05) is 37.3 Å². The van der Waals surface area contributed by atoms with Gasteiger partial charge in [-0.2, -0.15) is 5.10 Å². The van der Waals surface area contributed by atoms with Gasteiger partial charge in [0.2, 0.25) is 0 Å². The van der Waals surface area contributed by atoms with E-state index in [0.717, 1.165) is 5.69 Å². The van der Waals surface area contributed by atoms with Crippen molar-refractivity contribution in [3.8, 4) is 17.1 Å². The smallest absolute Gasteiger partial charge is 0.272 e. The second kappa shape index (κ2) is 8.51. The molecule has 0 spiro atoms. The van der Waals surface area contributed by atoms with E-state index in [1.54, 1.807) is 58.3 Å². The van der Waals surface area contributed by atoms with Crippen molar-refractivity contribution in [2.24, 2.45) is 0 Å². The zero-order valence-electron chi connectivity index (χ0n) is 17.1. The van der Waals surface area contributed by atoms with Crippen LogP contribution >= 0.6 is 11.6 Å². The van der Waals surface area contributed by atoms with Crippen molar-refractivity contribution in [3.63, 3.8) is 0 Å². The molecule has 1 fully saturated rings. The van der Waals surface area contributed by atoms with Crippen molar-refractivity contribution in [1.29, 1.82) is 0 Å². The summed E-state index contributed by atoms with van der Waals surface area (Å²) in [5.74, 6) is 0.186. The second-order valence-electron chi connectivity index (χ2n) is 7.51. The van der Waals surface area contributed by atoms with Gasteiger partial charge < -0.3 is 14.2 Å². The predicted octanol–water partition coefficient (Wildman–Crippen LogP) is 4.89. The summed E-state index contributed by atoms with van der Waals surface area (Å²) in [6, 6.07) is 19.2. The van der Waals surface area contributed by atoms with Crippen molar-refractivity contribution in [3.05, 3.63) is 89.5 Å². The number of anilines is 1. The fourth-order valence-corrected chi connectivity index (χ4v) is 4.00. The Labute approximate surface area is 189 Å². The largest absolute Gasteiger partial charge is 0.463 e. The lowest BCUT2D eigenvalue weighted by Gasteiger charge is -2.36. The number of hydrogen-bond acceptors (Lipinski definition) is 4. The van der Waals surface area contributed by atoms with Gasteiger partial charge in [-0.15, -0.1) is 0 Å². The Balaban J connectivity index is 1.42. The second-order valence-corrected chi connectivity index (χ2v) is 7.95. The Kier molecular flexibility index (Phi) is 5.41. The van der Waals surface area contributed by atoms with Gasteiger partial charge in [0.25, 0.3) is 5.91 Å². The molecule has 0 atom stereocenters. The molecule has 0 aliphatic carbocycles. The fourth-order valence-electron chi connectivity index (χ4n) is 3.88. The molecule has 1 aliphatic heterocycles. The molecule has 162 valence electrons. The van der Waals surface area contributed by atoms with E-state index in [2.05, 4.69) is 5.10 Å². The third-order valence-corrected chi connectivity index (χ3v) is 5.79. The third kappa shape index (κ3) is 3.87. The highest BCUT2D eigenvalue weighted by molar-refractivity contribution is 6.30. The Bertz CT molecular complexity index is 1230. The topological polar surface area (TPSA) is 54.5 Å².